The number of piperidine rings is 1. The van der Waals surface area contributed by atoms with Gasteiger partial charge in [0.05, 0.1) is 0 Å². The Labute approximate surface area is 167 Å². The lowest BCUT2D eigenvalue weighted by atomic mass is 10.0. The van der Waals surface area contributed by atoms with Crippen molar-refractivity contribution in [3.8, 4) is 22.8 Å². The van der Waals surface area contributed by atoms with Gasteiger partial charge in [0.15, 0.2) is 0 Å². The van der Waals surface area contributed by atoms with E-state index in [4.69, 9.17) is 9.84 Å². The van der Waals surface area contributed by atoms with Crippen molar-refractivity contribution in [3.05, 3.63) is 59.8 Å². The summed E-state index contributed by atoms with van der Waals surface area (Å²) in [5.41, 5.74) is 2.91. The van der Waals surface area contributed by atoms with E-state index in [0.717, 1.165) is 36.1 Å². The van der Waals surface area contributed by atoms with Crippen molar-refractivity contribution < 1.29 is 19.4 Å². The van der Waals surface area contributed by atoms with Crippen molar-refractivity contribution in [2.45, 2.75) is 25.8 Å². The van der Waals surface area contributed by atoms with Gasteiger partial charge in [-0.15, -0.1) is 0 Å². The molecule has 1 amide bonds. The molecule has 0 aliphatic carbocycles. The summed E-state index contributed by atoms with van der Waals surface area (Å²) in [4.78, 5) is 25.1. The molecule has 4 rings (SSSR count). The fourth-order valence-electron chi connectivity index (χ4n) is 3.35. The molecule has 0 bridgehead atoms. The first-order chi connectivity index (χ1) is 14.1. The van der Waals surface area contributed by atoms with Crippen LogP contribution in [0.25, 0.3) is 11.1 Å². The number of rotatable bonds is 6. The minimum atomic E-state index is -1.19. The molecule has 2 aromatic carbocycles. The zero-order valence-electron chi connectivity index (χ0n) is 15.7. The maximum atomic E-state index is 12.1. The number of nitrogens with one attached hydrogen (secondary N) is 1. The quantitative estimate of drug-likeness (QED) is 0.665. The fourth-order valence-corrected chi connectivity index (χ4v) is 3.35. The van der Waals surface area contributed by atoms with Gasteiger partial charge in [0, 0.05) is 19.5 Å². The van der Waals surface area contributed by atoms with Crippen LogP contribution in [-0.4, -0.2) is 43.8 Å². The molecule has 3 aromatic rings. The lowest BCUT2D eigenvalue weighted by Crippen LogP contribution is -2.34. The number of H-pyrrole nitrogens is 1. The van der Waals surface area contributed by atoms with Crippen LogP contribution in [0.2, 0.25) is 0 Å². The normalized spacial score (nSPS) is 14.1. The Hall–Kier alpha value is -3.68. The van der Waals surface area contributed by atoms with Crippen molar-refractivity contribution in [2.75, 3.05) is 6.54 Å². The van der Waals surface area contributed by atoms with Crippen LogP contribution in [0.1, 0.15) is 35.3 Å². The largest absolute Gasteiger partial charge is 0.476 e. The number of nitrogens with zero attached hydrogens (tertiary/aromatic N) is 3. The lowest BCUT2D eigenvalue weighted by Gasteiger charge is -2.26. The van der Waals surface area contributed by atoms with Crippen molar-refractivity contribution in [1.29, 1.82) is 0 Å². The van der Waals surface area contributed by atoms with Gasteiger partial charge in [0.1, 0.15) is 5.75 Å². The molecule has 1 fully saturated rings. The van der Waals surface area contributed by atoms with Crippen LogP contribution in [0.5, 0.6) is 11.6 Å². The summed E-state index contributed by atoms with van der Waals surface area (Å²) < 4.78 is 5.51. The number of carbonyl (C=O) groups is 2. The number of aromatic nitrogens is 3. The van der Waals surface area contributed by atoms with E-state index in [0.29, 0.717) is 18.7 Å². The Balaban J connectivity index is 1.48. The third-order valence-corrected chi connectivity index (χ3v) is 4.85. The molecule has 8 heteroatoms. The number of benzene rings is 2. The highest BCUT2D eigenvalue weighted by molar-refractivity contribution is 5.87. The van der Waals surface area contributed by atoms with Crippen molar-refractivity contribution >= 4 is 11.9 Å². The van der Waals surface area contributed by atoms with Gasteiger partial charge in [0.2, 0.25) is 11.6 Å². The lowest BCUT2D eigenvalue weighted by molar-refractivity contribution is -0.133. The maximum absolute atomic E-state index is 12.1. The SMILES string of the molecule is O=C(O)c1[nH]nnc1Oc1ccc(-c2cccc(CN3CCCCC3=O)c2)cc1. The minimum Gasteiger partial charge on any atom is -0.476 e. The van der Waals surface area contributed by atoms with E-state index in [1.165, 1.54) is 0 Å². The third-order valence-electron chi connectivity index (χ3n) is 4.85. The molecule has 2 N–H and O–H groups in total. The van der Waals surface area contributed by atoms with Crippen LogP contribution in [0.4, 0.5) is 0 Å². The third kappa shape index (κ3) is 4.26. The molecule has 8 nitrogen and oxygen atoms in total. The molecule has 0 saturated carbocycles. The van der Waals surface area contributed by atoms with Crippen molar-refractivity contribution in [3.63, 3.8) is 0 Å². The molecule has 2 heterocycles. The molecule has 0 unspecified atom stereocenters. The fraction of sp³-hybridized carbons (Fsp3) is 0.238. The second-order valence-corrected chi connectivity index (χ2v) is 6.90. The predicted molar refractivity (Wildman–Crippen MR) is 105 cm³/mol. The van der Waals surface area contributed by atoms with Crippen molar-refractivity contribution in [2.24, 2.45) is 0 Å². The number of hydrogen-bond donors (Lipinski definition) is 2. The first-order valence-corrected chi connectivity index (χ1v) is 9.39. The van der Waals surface area contributed by atoms with E-state index in [9.17, 15) is 9.59 Å². The van der Waals surface area contributed by atoms with E-state index >= 15 is 0 Å². The number of ether oxygens (including phenoxy) is 1. The van der Waals surface area contributed by atoms with Crippen LogP contribution in [0, 0.1) is 0 Å². The van der Waals surface area contributed by atoms with Crippen LogP contribution in [0.3, 0.4) is 0 Å². The van der Waals surface area contributed by atoms with E-state index in [1.54, 1.807) is 12.1 Å². The molecular formula is C21H20N4O4. The summed E-state index contributed by atoms with van der Waals surface area (Å²) in [7, 11) is 0. The molecule has 1 aliphatic rings. The number of amides is 1. The zero-order chi connectivity index (χ0) is 20.2. The summed E-state index contributed by atoms with van der Waals surface area (Å²) in [5.74, 6) is -0.596. The van der Waals surface area contributed by atoms with Gasteiger partial charge >= 0.3 is 5.97 Å². The van der Waals surface area contributed by atoms with Crippen LogP contribution in [-0.2, 0) is 11.3 Å². The Morgan fingerprint density at radius 2 is 1.97 bits per heavy atom. The summed E-state index contributed by atoms with van der Waals surface area (Å²) in [6, 6.07) is 15.4. The molecule has 1 saturated heterocycles. The molecule has 29 heavy (non-hydrogen) atoms. The molecular weight excluding hydrogens is 372 g/mol. The monoisotopic (exact) mass is 392 g/mol. The molecule has 0 atom stereocenters. The van der Waals surface area contributed by atoms with E-state index < -0.39 is 5.97 Å². The Kier molecular flexibility index (Phi) is 5.24. The molecule has 1 aromatic heterocycles. The number of hydrogen-bond acceptors (Lipinski definition) is 5. The number of aromatic carboxylic acids is 1. The predicted octanol–water partition coefficient (Wildman–Crippen LogP) is 3.47. The average molecular weight is 392 g/mol. The van der Waals surface area contributed by atoms with Crippen LogP contribution >= 0.6 is 0 Å². The topological polar surface area (TPSA) is 108 Å². The number of aromatic amines is 1. The number of carboxylic acids is 1. The molecule has 0 radical (unpaired) electrons. The molecule has 148 valence electrons. The highest BCUT2D eigenvalue weighted by atomic mass is 16.5. The van der Waals surface area contributed by atoms with E-state index in [1.807, 2.05) is 35.2 Å². The average Bonchev–Trinajstić information content (AvgIpc) is 3.19. The smallest absolute Gasteiger partial charge is 0.359 e. The first-order valence-electron chi connectivity index (χ1n) is 9.39. The van der Waals surface area contributed by atoms with Gasteiger partial charge in [-0.05, 0) is 47.7 Å². The maximum Gasteiger partial charge on any atom is 0.359 e. The number of likely N-dealkylation sites (tertiary alicyclic amines) is 1. The summed E-state index contributed by atoms with van der Waals surface area (Å²) >= 11 is 0. The summed E-state index contributed by atoms with van der Waals surface area (Å²) in [5, 5.41) is 18.5. The first kappa shape index (κ1) is 18.7. The second-order valence-electron chi connectivity index (χ2n) is 6.90. The standard InChI is InChI=1S/C21H20N4O4/c26-18-6-1-2-11-25(18)13-14-4-3-5-16(12-14)15-7-9-17(10-8-15)29-20-19(21(27)28)22-24-23-20/h3-5,7-10,12H,1-2,6,11,13H2,(H,27,28)(H,22,23,24). The highest BCUT2D eigenvalue weighted by Gasteiger charge is 2.18. The Bertz CT molecular complexity index is 1030. The van der Waals surface area contributed by atoms with Crippen molar-refractivity contribution in [1.82, 2.24) is 20.3 Å². The summed E-state index contributed by atoms with van der Waals surface area (Å²) in [6.45, 7) is 1.44. The van der Waals surface area contributed by atoms with E-state index in [-0.39, 0.29) is 17.5 Å². The number of carboxylic acid groups (broad SMARTS) is 1. The van der Waals surface area contributed by atoms with Gasteiger partial charge in [-0.1, -0.05) is 40.6 Å². The Morgan fingerprint density at radius 3 is 2.72 bits per heavy atom. The summed E-state index contributed by atoms with van der Waals surface area (Å²) in [6.07, 6.45) is 2.67. The van der Waals surface area contributed by atoms with Gasteiger partial charge in [-0.3, -0.25) is 4.79 Å². The Morgan fingerprint density at radius 1 is 1.14 bits per heavy atom. The van der Waals surface area contributed by atoms with Gasteiger partial charge < -0.3 is 14.7 Å². The molecule has 0 spiro atoms. The zero-order valence-corrected chi connectivity index (χ0v) is 15.7. The molecule has 1 aliphatic heterocycles. The van der Waals surface area contributed by atoms with Gasteiger partial charge in [-0.25, -0.2) is 9.89 Å². The second kappa shape index (κ2) is 8.14. The van der Waals surface area contributed by atoms with Crippen LogP contribution < -0.4 is 4.74 Å². The highest BCUT2D eigenvalue weighted by Crippen LogP contribution is 2.27. The van der Waals surface area contributed by atoms with Gasteiger partial charge in [-0.2, -0.15) is 0 Å². The van der Waals surface area contributed by atoms with Crippen LogP contribution in [0.15, 0.2) is 48.5 Å². The van der Waals surface area contributed by atoms with E-state index in [2.05, 4.69) is 21.5 Å². The van der Waals surface area contributed by atoms with Gasteiger partial charge in [0.25, 0.3) is 5.88 Å². The minimum absolute atomic E-state index is 0.0848. The number of carbonyl (C=O) groups excluding carboxylic acids is 1.